The molecule has 140 valence electrons. The van der Waals surface area contributed by atoms with Crippen molar-refractivity contribution in [2.75, 3.05) is 18.2 Å². The largest absolute Gasteiger partial charge is 0.479 e. The molecule has 0 amide bonds. The highest BCUT2D eigenvalue weighted by Gasteiger charge is 2.16. The standard InChI is InChI=1S/C17H18FN7O2/c1-8(26)10-4-12(15-22-9(2)23-17(19)25-15)14(20-6-10)24-11-5-13(18)16(27-3)21-7-11/h4-8,26H,1-3H3,(H,20,24)(H2,19,22,23,25)/t8-/m1/s1. The molecule has 0 aromatic carbocycles. The van der Waals surface area contributed by atoms with E-state index in [1.807, 2.05) is 0 Å². The Morgan fingerprint density at radius 1 is 1.19 bits per heavy atom. The van der Waals surface area contributed by atoms with E-state index in [0.717, 1.165) is 0 Å². The second kappa shape index (κ2) is 7.46. The number of rotatable bonds is 5. The highest BCUT2D eigenvalue weighted by Crippen LogP contribution is 2.30. The molecule has 3 aromatic heterocycles. The van der Waals surface area contributed by atoms with Crippen molar-refractivity contribution < 1.29 is 14.2 Å². The Kier molecular flexibility index (Phi) is 5.08. The number of hydrogen-bond acceptors (Lipinski definition) is 9. The van der Waals surface area contributed by atoms with Crippen molar-refractivity contribution in [3.63, 3.8) is 0 Å². The Labute approximate surface area is 154 Å². The fraction of sp³-hybridized carbons (Fsp3) is 0.235. The van der Waals surface area contributed by atoms with Gasteiger partial charge in [-0.3, -0.25) is 0 Å². The normalized spacial score (nSPS) is 11.9. The molecule has 3 aromatic rings. The summed E-state index contributed by atoms with van der Waals surface area (Å²) in [5, 5.41) is 12.8. The number of aromatic nitrogens is 5. The number of aliphatic hydroxyl groups is 1. The second-order valence-electron chi connectivity index (χ2n) is 5.75. The predicted molar refractivity (Wildman–Crippen MR) is 96.9 cm³/mol. The first-order valence-electron chi connectivity index (χ1n) is 8.00. The van der Waals surface area contributed by atoms with E-state index in [2.05, 4.69) is 30.2 Å². The first-order valence-corrected chi connectivity index (χ1v) is 8.00. The lowest BCUT2D eigenvalue weighted by Crippen LogP contribution is -2.06. The molecule has 0 bridgehead atoms. The number of ether oxygens (including phenoxy) is 1. The minimum absolute atomic E-state index is 0.0584. The molecule has 0 spiro atoms. The monoisotopic (exact) mass is 371 g/mol. The third-order valence-electron chi connectivity index (χ3n) is 3.66. The van der Waals surface area contributed by atoms with Crippen LogP contribution in [-0.4, -0.2) is 37.1 Å². The molecular weight excluding hydrogens is 353 g/mol. The van der Waals surface area contributed by atoms with Crippen LogP contribution in [0, 0.1) is 12.7 Å². The summed E-state index contributed by atoms with van der Waals surface area (Å²) in [6.45, 7) is 3.30. The van der Waals surface area contributed by atoms with E-state index in [4.69, 9.17) is 10.5 Å². The smallest absolute Gasteiger partial charge is 0.250 e. The Bertz CT molecular complexity index is 961. The number of methoxy groups -OCH3 is 1. The van der Waals surface area contributed by atoms with E-state index in [1.54, 1.807) is 19.9 Å². The summed E-state index contributed by atoms with van der Waals surface area (Å²) in [5.41, 5.74) is 7.11. The van der Waals surface area contributed by atoms with Gasteiger partial charge in [-0.2, -0.15) is 9.97 Å². The maximum Gasteiger partial charge on any atom is 0.250 e. The fourth-order valence-electron chi connectivity index (χ4n) is 2.38. The van der Waals surface area contributed by atoms with Crippen molar-refractivity contribution in [3.05, 3.63) is 41.7 Å². The number of anilines is 3. The van der Waals surface area contributed by atoms with Crippen LogP contribution in [0.4, 0.5) is 21.8 Å². The molecule has 0 aliphatic rings. The van der Waals surface area contributed by atoms with Crippen LogP contribution in [0.3, 0.4) is 0 Å². The van der Waals surface area contributed by atoms with Crippen LogP contribution in [0.25, 0.3) is 11.4 Å². The summed E-state index contributed by atoms with van der Waals surface area (Å²) < 4.78 is 18.7. The van der Waals surface area contributed by atoms with Gasteiger partial charge in [0, 0.05) is 12.3 Å². The topological polar surface area (TPSA) is 132 Å². The van der Waals surface area contributed by atoms with E-state index < -0.39 is 11.9 Å². The number of nitrogen functional groups attached to an aromatic ring is 1. The molecule has 1 atom stereocenters. The Hall–Kier alpha value is -3.40. The van der Waals surface area contributed by atoms with Crippen LogP contribution in [0.15, 0.2) is 24.5 Å². The summed E-state index contributed by atoms with van der Waals surface area (Å²) in [7, 11) is 1.33. The summed E-state index contributed by atoms with van der Waals surface area (Å²) >= 11 is 0. The molecular formula is C17H18FN7O2. The van der Waals surface area contributed by atoms with E-state index in [9.17, 15) is 9.50 Å². The first-order chi connectivity index (χ1) is 12.9. The molecule has 3 heterocycles. The van der Waals surface area contributed by atoms with Crippen LogP contribution in [-0.2, 0) is 0 Å². The van der Waals surface area contributed by atoms with Crippen LogP contribution < -0.4 is 15.8 Å². The highest BCUT2D eigenvalue weighted by molar-refractivity contribution is 5.75. The average Bonchev–Trinajstić information content (AvgIpc) is 2.61. The molecule has 0 fully saturated rings. The molecule has 9 nitrogen and oxygen atoms in total. The Balaban J connectivity index is 2.08. The molecule has 27 heavy (non-hydrogen) atoms. The maximum atomic E-state index is 13.9. The van der Waals surface area contributed by atoms with Crippen molar-refractivity contribution in [2.45, 2.75) is 20.0 Å². The summed E-state index contributed by atoms with van der Waals surface area (Å²) in [4.78, 5) is 20.6. The zero-order valence-electron chi connectivity index (χ0n) is 14.9. The van der Waals surface area contributed by atoms with Gasteiger partial charge >= 0.3 is 0 Å². The van der Waals surface area contributed by atoms with Crippen molar-refractivity contribution in [2.24, 2.45) is 0 Å². The number of aliphatic hydroxyl groups excluding tert-OH is 1. The number of aryl methyl sites for hydroxylation is 1. The quantitative estimate of drug-likeness (QED) is 0.617. The van der Waals surface area contributed by atoms with Crippen molar-refractivity contribution >= 4 is 17.5 Å². The second-order valence-corrected chi connectivity index (χ2v) is 5.75. The lowest BCUT2D eigenvalue weighted by molar-refractivity contribution is 0.199. The minimum atomic E-state index is -0.745. The maximum absolute atomic E-state index is 13.9. The van der Waals surface area contributed by atoms with Gasteiger partial charge in [0.05, 0.1) is 30.7 Å². The highest BCUT2D eigenvalue weighted by atomic mass is 19.1. The summed E-state index contributed by atoms with van der Waals surface area (Å²) in [5.74, 6) is 0.380. The zero-order valence-corrected chi connectivity index (χ0v) is 14.9. The van der Waals surface area contributed by atoms with Gasteiger partial charge in [0.15, 0.2) is 11.6 Å². The molecule has 0 radical (unpaired) electrons. The molecule has 0 aliphatic carbocycles. The average molecular weight is 371 g/mol. The van der Waals surface area contributed by atoms with Gasteiger partial charge in [0.1, 0.15) is 11.6 Å². The van der Waals surface area contributed by atoms with Crippen LogP contribution in [0.5, 0.6) is 5.88 Å². The Morgan fingerprint density at radius 2 is 1.96 bits per heavy atom. The number of nitrogens with zero attached hydrogens (tertiary/aromatic N) is 5. The molecule has 0 unspecified atom stereocenters. The lowest BCUT2D eigenvalue weighted by atomic mass is 10.1. The molecule has 10 heteroatoms. The van der Waals surface area contributed by atoms with Crippen molar-refractivity contribution in [1.29, 1.82) is 0 Å². The fourth-order valence-corrected chi connectivity index (χ4v) is 2.38. The van der Waals surface area contributed by atoms with Crippen LogP contribution in [0.2, 0.25) is 0 Å². The van der Waals surface area contributed by atoms with Crippen molar-refractivity contribution in [1.82, 2.24) is 24.9 Å². The van der Waals surface area contributed by atoms with E-state index in [0.29, 0.717) is 28.5 Å². The first kappa shape index (κ1) is 18.4. The van der Waals surface area contributed by atoms with Crippen LogP contribution >= 0.6 is 0 Å². The van der Waals surface area contributed by atoms with Gasteiger partial charge in [0.2, 0.25) is 11.8 Å². The lowest BCUT2D eigenvalue weighted by Gasteiger charge is -2.14. The number of halogens is 1. The predicted octanol–water partition coefficient (Wildman–Crippen LogP) is 2.16. The minimum Gasteiger partial charge on any atom is -0.479 e. The van der Waals surface area contributed by atoms with Gasteiger partial charge < -0.3 is 20.9 Å². The molecule has 4 N–H and O–H groups in total. The SMILES string of the molecule is COc1ncc(Nc2ncc([C@@H](C)O)cc2-c2nc(C)nc(N)n2)cc1F. The molecule has 0 aliphatic heterocycles. The molecule has 0 saturated heterocycles. The van der Waals surface area contributed by atoms with Gasteiger partial charge in [-0.25, -0.2) is 19.3 Å². The number of nitrogens with one attached hydrogen (secondary N) is 1. The van der Waals surface area contributed by atoms with Gasteiger partial charge in [-0.1, -0.05) is 0 Å². The number of hydrogen-bond donors (Lipinski definition) is 3. The van der Waals surface area contributed by atoms with Gasteiger partial charge in [-0.15, -0.1) is 0 Å². The number of pyridine rings is 2. The van der Waals surface area contributed by atoms with Crippen molar-refractivity contribution in [3.8, 4) is 17.3 Å². The van der Waals surface area contributed by atoms with Gasteiger partial charge in [-0.05, 0) is 25.5 Å². The molecule has 0 saturated carbocycles. The van der Waals surface area contributed by atoms with E-state index >= 15 is 0 Å². The number of nitrogens with two attached hydrogens (primary N) is 1. The molecule has 3 rings (SSSR count). The van der Waals surface area contributed by atoms with Gasteiger partial charge in [0.25, 0.3) is 0 Å². The zero-order chi connectivity index (χ0) is 19.6. The third-order valence-corrected chi connectivity index (χ3v) is 3.66. The van der Waals surface area contributed by atoms with Crippen LogP contribution in [0.1, 0.15) is 24.4 Å². The third kappa shape index (κ3) is 4.06. The Morgan fingerprint density at radius 3 is 2.59 bits per heavy atom. The summed E-state index contributed by atoms with van der Waals surface area (Å²) in [6.07, 6.45) is 2.16. The van der Waals surface area contributed by atoms with E-state index in [1.165, 1.54) is 25.6 Å². The van der Waals surface area contributed by atoms with E-state index in [-0.39, 0.29) is 17.7 Å². The summed E-state index contributed by atoms with van der Waals surface area (Å²) in [6, 6.07) is 2.91.